The number of amides is 1. The number of aromatic nitrogens is 2. The Bertz CT molecular complexity index is 1110. The van der Waals surface area contributed by atoms with Crippen molar-refractivity contribution in [2.24, 2.45) is 0 Å². The van der Waals surface area contributed by atoms with Crippen molar-refractivity contribution in [3.8, 4) is 0 Å². The Kier molecular flexibility index (Phi) is 5.74. The number of rotatable bonds is 6. The van der Waals surface area contributed by atoms with Crippen LogP contribution < -0.4 is 10.9 Å². The van der Waals surface area contributed by atoms with Crippen molar-refractivity contribution in [3.63, 3.8) is 0 Å². The van der Waals surface area contributed by atoms with Crippen molar-refractivity contribution >= 4 is 39.9 Å². The smallest absolute Gasteiger partial charge is 0.271 e. The molecule has 0 aliphatic carbocycles. The number of nitro groups is 1. The SMILES string of the molecule is CCn1c(SC(C)C(=O)Nc2cccc([N+](=O)[O-])c2)nc2ccccc2c1=O. The fraction of sp³-hybridized carbons (Fsp3) is 0.211. The molecule has 1 N–H and O–H groups in total. The van der Waals surface area contributed by atoms with E-state index in [-0.39, 0.29) is 17.2 Å². The van der Waals surface area contributed by atoms with E-state index in [2.05, 4.69) is 10.3 Å². The first-order valence-corrected chi connectivity index (χ1v) is 9.50. The number of nitrogens with zero attached hydrogens (tertiary/aromatic N) is 3. The average molecular weight is 398 g/mol. The van der Waals surface area contributed by atoms with Crippen LogP contribution in [0.25, 0.3) is 10.9 Å². The first kappa shape index (κ1) is 19.6. The predicted molar refractivity (Wildman–Crippen MR) is 109 cm³/mol. The molecular weight excluding hydrogens is 380 g/mol. The third kappa shape index (κ3) is 4.04. The van der Waals surface area contributed by atoms with Gasteiger partial charge in [-0.05, 0) is 32.0 Å². The van der Waals surface area contributed by atoms with Crippen LogP contribution in [-0.2, 0) is 11.3 Å². The summed E-state index contributed by atoms with van der Waals surface area (Å²) in [7, 11) is 0. The average Bonchev–Trinajstić information content (AvgIpc) is 2.68. The molecule has 1 aromatic heterocycles. The molecule has 1 amide bonds. The molecule has 0 bridgehead atoms. The number of benzene rings is 2. The van der Waals surface area contributed by atoms with Crippen molar-refractivity contribution < 1.29 is 9.72 Å². The van der Waals surface area contributed by atoms with Gasteiger partial charge in [0.25, 0.3) is 11.2 Å². The molecule has 8 nitrogen and oxygen atoms in total. The van der Waals surface area contributed by atoms with E-state index in [9.17, 15) is 19.7 Å². The molecule has 1 atom stereocenters. The van der Waals surface area contributed by atoms with Gasteiger partial charge in [0.1, 0.15) is 0 Å². The molecule has 1 heterocycles. The number of carbonyl (C=O) groups is 1. The second-order valence-corrected chi connectivity index (χ2v) is 7.33. The highest BCUT2D eigenvalue weighted by Gasteiger charge is 2.19. The summed E-state index contributed by atoms with van der Waals surface area (Å²) in [5, 5.41) is 14.0. The molecule has 0 aliphatic rings. The Hall–Kier alpha value is -3.20. The standard InChI is InChI=1S/C19H18N4O4S/c1-3-22-18(25)15-9-4-5-10-16(15)21-19(22)28-12(2)17(24)20-13-7-6-8-14(11-13)23(26)27/h4-12H,3H2,1-2H3,(H,20,24). The zero-order chi connectivity index (χ0) is 20.3. The van der Waals surface area contributed by atoms with Crippen molar-refractivity contribution in [2.45, 2.75) is 30.8 Å². The Morgan fingerprint density at radius 1 is 1.29 bits per heavy atom. The van der Waals surface area contributed by atoms with Gasteiger partial charge >= 0.3 is 0 Å². The van der Waals surface area contributed by atoms with E-state index in [0.29, 0.717) is 28.3 Å². The number of nitrogens with one attached hydrogen (secondary N) is 1. The number of anilines is 1. The van der Waals surface area contributed by atoms with Gasteiger partial charge in [0.05, 0.1) is 21.1 Å². The number of para-hydroxylation sites is 1. The van der Waals surface area contributed by atoms with E-state index in [1.807, 2.05) is 6.92 Å². The van der Waals surface area contributed by atoms with Crippen molar-refractivity contribution in [3.05, 3.63) is 69.0 Å². The van der Waals surface area contributed by atoms with Crippen LogP contribution in [0, 0.1) is 10.1 Å². The second-order valence-electron chi connectivity index (χ2n) is 6.02. The van der Waals surface area contributed by atoms with Crippen LogP contribution >= 0.6 is 11.8 Å². The molecule has 28 heavy (non-hydrogen) atoms. The van der Waals surface area contributed by atoms with Crippen LogP contribution in [0.1, 0.15) is 13.8 Å². The second kappa shape index (κ2) is 8.22. The van der Waals surface area contributed by atoms with Crippen molar-refractivity contribution in [2.75, 3.05) is 5.32 Å². The lowest BCUT2D eigenvalue weighted by molar-refractivity contribution is -0.384. The van der Waals surface area contributed by atoms with Crippen LogP contribution in [0.4, 0.5) is 11.4 Å². The Morgan fingerprint density at radius 3 is 2.75 bits per heavy atom. The quantitative estimate of drug-likeness (QED) is 0.295. The number of carbonyl (C=O) groups excluding carboxylic acids is 1. The minimum absolute atomic E-state index is 0.103. The topological polar surface area (TPSA) is 107 Å². The minimum Gasteiger partial charge on any atom is -0.325 e. The van der Waals surface area contributed by atoms with Gasteiger partial charge in [-0.15, -0.1) is 0 Å². The zero-order valence-electron chi connectivity index (χ0n) is 15.3. The molecule has 0 saturated carbocycles. The first-order valence-electron chi connectivity index (χ1n) is 8.62. The minimum atomic E-state index is -0.565. The van der Waals surface area contributed by atoms with Crippen molar-refractivity contribution in [1.29, 1.82) is 0 Å². The van der Waals surface area contributed by atoms with E-state index in [1.165, 1.54) is 34.5 Å². The van der Waals surface area contributed by atoms with Crippen LogP contribution in [0.2, 0.25) is 0 Å². The summed E-state index contributed by atoms with van der Waals surface area (Å²) < 4.78 is 1.53. The molecule has 2 aromatic carbocycles. The Morgan fingerprint density at radius 2 is 2.04 bits per heavy atom. The fourth-order valence-electron chi connectivity index (χ4n) is 2.67. The van der Waals surface area contributed by atoms with Crippen molar-refractivity contribution in [1.82, 2.24) is 9.55 Å². The normalized spacial score (nSPS) is 11.9. The number of thioether (sulfide) groups is 1. The van der Waals surface area contributed by atoms with Gasteiger partial charge in [-0.2, -0.15) is 0 Å². The van der Waals surface area contributed by atoms with Gasteiger partial charge in [0.15, 0.2) is 5.16 Å². The maximum Gasteiger partial charge on any atom is 0.271 e. The van der Waals surface area contributed by atoms with Crippen LogP contribution in [0.5, 0.6) is 0 Å². The summed E-state index contributed by atoms with van der Waals surface area (Å²) in [6, 6.07) is 12.8. The lowest BCUT2D eigenvalue weighted by Gasteiger charge is -2.15. The summed E-state index contributed by atoms with van der Waals surface area (Å²) in [6.45, 7) is 3.96. The number of hydrogen-bond donors (Lipinski definition) is 1. The number of nitro benzene ring substituents is 1. The highest BCUT2D eigenvalue weighted by Crippen LogP contribution is 2.24. The van der Waals surface area contributed by atoms with Gasteiger partial charge in [-0.1, -0.05) is 30.0 Å². The third-order valence-corrected chi connectivity index (χ3v) is 5.21. The summed E-state index contributed by atoms with van der Waals surface area (Å²) in [5.74, 6) is -0.337. The van der Waals surface area contributed by atoms with E-state index >= 15 is 0 Å². The molecule has 144 valence electrons. The Labute approximate surface area is 164 Å². The van der Waals surface area contributed by atoms with Gasteiger partial charge in [0.2, 0.25) is 5.91 Å². The van der Waals surface area contributed by atoms with Gasteiger partial charge in [-0.3, -0.25) is 24.3 Å². The summed E-state index contributed by atoms with van der Waals surface area (Å²) in [4.78, 5) is 40.1. The molecule has 1 unspecified atom stereocenters. The van der Waals surface area contributed by atoms with Gasteiger partial charge in [-0.25, -0.2) is 4.98 Å². The lowest BCUT2D eigenvalue weighted by atomic mass is 10.2. The highest BCUT2D eigenvalue weighted by molar-refractivity contribution is 8.00. The zero-order valence-corrected chi connectivity index (χ0v) is 16.1. The molecule has 0 spiro atoms. The lowest BCUT2D eigenvalue weighted by Crippen LogP contribution is -2.26. The third-order valence-electron chi connectivity index (χ3n) is 4.12. The first-order chi connectivity index (χ1) is 13.4. The molecule has 3 rings (SSSR count). The fourth-order valence-corrected chi connectivity index (χ4v) is 3.64. The van der Waals surface area contributed by atoms with Crippen LogP contribution in [0.15, 0.2) is 58.5 Å². The van der Waals surface area contributed by atoms with Gasteiger partial charge in [0, 0.05) is 24.4 Å². The maximum atomic E-state index is 12.7. The predicted octanol–water partition coefficient (Wildman–Crippen LogP) is 3.44. The molecule has 3 aromatic rings. The van der Waals surface area contributed by atoms with Gasteiger partial charge < -0.3 is 5.32 Å². The maximum absolute atomic E-state index is 12.7. The summed E-state index contributed by atoms with van der Waals surface area (Å²) >= 11 is 1.17. The molecular formula is C19H18N4O4S. The van der Waals surface area contributed by atoms with Crippen LogP contribution in [-0.4, -0.2) is 25.6 Å². The molecule has 9 heteroatoms. The largest absolute Gasteiger partial charge is 0.325 e. The number of non-ortho nitro benzene ring substituents is 1. The molecule has 0 aliphatic heterocycles. The number of fused-ring (bicyclic) bond motifs is 1. The molecule has 0 saturated heterocycles. The van der Waals surface area contributed by atoms with Crippen LogP contribution in [0.3, 0.4) is 0 Å². The summed E-state index contributed by atoms with van der Waals surface area (Å²) in [6.07, 6.45) is 0. The molecule has 0 radical (unpaired) electrons. The van der Waals surface area contributed by atoms with E-state index in [4.69, 9.17) is 0 Å². The Balaban J connectivity index is 1.83. The van der Waals surface area contributed by atoms with E-state index < -0.39 is 10.2 Å². The van der Waals surface area contributed by atoms with E-state index in [1.54, 1.807) is 37.3 Å². The molecule has 0 fully saturated rings. The van der Waals surface area contributed by atoms with E-state index in [0.717, 1.165) is 0 Å². The summed E-state index contributed by atoms with van der Waals surface area (Å²) in [5.41, 5.74) is 0.660. The monoisotopic (exact) mass is 398 g/mol. The number of hydrogen-bond acceptors (Lipinski definition) is 6. The highest BCUT2D eigenvalue weighted by atomic mass is 32.2.